The van der Waals surface area contributed by atoms with Crippen molar-refractivity contribution in [2.45, 2.75) is 52.1 Å². The Bertz CT molecular complexity index is 959. The van der Waals surface area contributed by atoms with Gasteiger partial charge in [-0.25, -0.2) is 4.98 Å². The number of benzene rings is 1. The van der Waals surface area contributed by atoms with Gasteiger partial charge < -0.3 is 14.0 Å². The van der Waals surface area contributed by atoms with E-state index in [4.69, 9.17) is 14.0 Å². The van der Waals surface area contributed by atoms with E-state index in [0.717, 1.165) is 22.0 Å². The maximum absolute atomic E-state index is 12.0. The van der Waals surface area contributed by atoms with Crippen LogP contribution in [0.15, 0.2) is 34.2 Å². The van der Waals surface area contributed by atoms with E-state index in [1.807, 2.05) is 50.4 Å². The molecule has 3 aromatic rings. The lowest BCUT2D eigenvalue weighted by molar-refractivity contribution is -0.145. The maximum Gasteiger partial charge on any atom is 0.306 e. The van der Waals surface area contributed by atoms with Crippen molar-refractivity contribution in [3.05, 3.63) is 47.1 Å². The van der Waals surface area contributed by atoms with E-state index in [9.17, 15) is 4.79 Å². The molecule has 0 aliphatic rings. The van der Waals surface area contributed by atoms with Gasteiger partial charge in [-0.2, -0.15) is 4.98 Å². The van der Waals surface area contributed by atoms with Crippen LogP contribution in [-0.2, 0) is 28.0 Å². The summed E-state index contributed by atoms with van der Waals surface area (Å²) in [6.45, 7) is 6.24. The van der Waals surface area contributed by atoms with Gasteiger partial charge in [0.25, 0.3) is 0 Å². The van der Waals surface area contributed by atoms with Gasteiger partial charge in [0.15, 0.2) is 5.82 Å². The highest BCUT2D eigenvalue weighted by atomic mass is 32.1. The summed E-state index contributed by atoms with van der Waals surface area (Å²) in [6, 6.07) is 7.71. The summed E-state index contributed by atoms with van der Waals surface area (Å²) in [7, 11) is 1.63. The minimum Gasteiger partial charge on any atom is -0.497 e. The number of thiazole rings is 1. The summed E-state index contributed by atoms with van der Waals surface area (Å²) in [6.07, 6.45) is 1.44. The molecule has 0 saturated carbocycles. The summed E-state index contributed by atoms with van der Waals surface area (Å²) >= 11 is 1.51. The van der Waals surface area contributed by atoms with Crippen LogP contribution in [0.1, 0.15) is 51.0 Å². The zero-order valence-electron chi connectivity index (χ0n) is 17.1. The number of esters is 1. The van der Waals surface area contributed by atoms with Crippen LogP contribution in [0.5, 0.6) is 5.75 Å². The van der Waals surface area contributed by atoms with Crippen molar-refractivity contribution >= 4 is 17.3 Å². The molecular weight excluding hydrogens is 390 g/mol. The molecule has 0 N–H and O–H groups in total. The Morgan fingerprint density at radius 2 is 2.07 bits per heavy atom. The molecule has 154 valence electrons. The molecule has 2 heterocycles. The second-order valence-electron chi connectivity index (χ2n) is 7.65. The third kappa shape index (κ3) is 5.87. The number of aromatic nitrogens is 3. The number of hydrogen-bond donors (Lipinski definition) is 0. The highest BCUT2D eigenvalue weighted by Gasteiger charge is 2.20. The Kier molecular flexibility index (Phi) is 6.64. The molecule has 3 rings (SSSR count). The van der Waals surface area contributed by atoms with Crippen molar-refractivity contribution in [3.63, 3.8) is 0 Å². The van der Waals surface area contributed by atoms with E-state index in [-0.39, 0.29) is 18.0 Å². The van der Waals surface area contributed by atoms with E-state index in [2.05, 4.69) is 15.1 Å². The van der Waals surface area contributed by atoms with E-state index in [1.54, 1.807) is 7.11 Å². The largest absolute Gasteiger partial charge is 0.497 e. The number of nitrogens with zero attached hydrogens (tertiary/aromatic N) is 3. The molecule has 0 spiro atoms. The summed E-state index contributed by atoms with van der Waals surface area (Å²) in [4.78, 5) is 20.9. The van der Waals surface area contributed by atoms with Gasteiger partial charge in [0.1, 0.15) is 17.4 Å². The van der Waals surface area contributed by atoms with Gasteiger partial charge >= 0.3 is 5.97 Å². The highest BCUT2D eigenvalue weighted by molar-refractivity contribution is 7.13. The van der Waals surface area contributed by atoms with Crippen LogP contribution < -0.4 is 4.74 Å². The molecule has 0 unspecified atom stereocenters. The smallest absolute Gasteiger partial charge is 0.306 e. The molecule has 2 aromatic heterocycles. The lowest BCUT2D eigenvalue weighted by atomic mass is 9.96. The highest BCUT2D eigenvalue weighted by Crippen LogP contribution is 2.27. The maximum atomic E-state index is 12.0. The van der Waals surface area contributed by atoms with Gasteiger partial charge in [0, 0.05) is 29.2 Å². The zero-order chi connectivity index (χ0) is 20.9. The summed E-state index contributed by atoms with van der Waals surface area (Å²) in [5.74, 6) is 1.73. The van der Waals surface area contributed by atoms with Gasteiger partial charge in [-0.3, -0.25) is 4.79 Å². The molecule has 1 aromatic carbocycles. The number of carbonyl (C=O) groups is 1. The molecule has 29 heavy (non-hydrogen) atoms. The minimum atomic E-state index is -0.267. The molecule has 0 radical (unpaired) electrons. The van der Waals surface area contributed by atoms with Crippen molar-refractivity contribution in [1.29, 1.82) is 0 Å². The van der Waals surface area contributed by atoms with Gasteiger partial charge in [-0.05, 0) is 18.6 Å². The third-order valence-corrected chi connectivity index (χ3v) is 5.10. The van der Waals surface area contributed by atoms with Crippen LogP contribution in [0.25, 0.3) is 10.6 Å². The molecule has 0 amide bonds. The van der Waals surface area contributed by atoms with E-state index in [0.29, 0.717) is 31.0 Å². The van der Waals surface area contributed by atoms with Crippen LogP contribution in [0, 0.1) is 0 Å². The second kappa shape index (κ2) is 9.17. The molecule has 0 atom stereocenters. The standard InChI is InChI=1S/C21H25N3O4S/c1-21(2,3)20-23-17(28-24-20)9-6-10-18(25)27-12-15-13-29-19(22-15)14-7-5-8-16(11-14)26-4/h5,7-8,11,13H,6,9-10,12H2,1-4H3. The van der Waals surface area contributed by atoms with Gasteiger partial charge in [-0.1, -0.05) is 38.1 Å². The van der Waals surface area contributed by atoms with Crippen molar-refractivity contribution in [1.82, 2.24) is 15.1 Å². The zero-order valence-corrected chi connectivity index (χ0v) is 17.9. The number of methoxy groups -OCH3 is 1. The van der Waals surface area contributed by atoms with Crippen molar-refractivity contribution in [2.75, 3.05) is 7.11 Å². The fourth-order valence-electron chi connectivity index (χ4n) is 2.53. The molecule has 0 fully saturated rings. The van der Waals surface area contributed by atoms with Crippen LogP contribution in [0.4, 0.5) is 0 Å². The Hall–Kier alpha value is -2.74. The fraction of sp³-hybridized carbons (Fsp3) is 0.429. The quantitative estimate of drug-likeness (QED) is 0.498. The SMILES string of the molecule is COc1cccc(-c2nc(COC(=O)CCCc3nc(C(C)(C)C)no3)cs2)c1. The average molecular weight is 416 g/mol. The monoisotopic (exact) mass is 415 g/mol. The predicted octanol–water partition coefficient (Wildman–Crippen LogP) is 4.57. The van der Waals surface area contributed by atoms with E-state index >= 15 is 0 Å². The van der Waals surface area contributed by atoms with Crippen molar-refractivity contribution in [2.24, 2.45) is 0 Å². The number of ether oxygens (including phenoxy) is 2. The first-order chi connectivity index (χ1) is 13.8. The lowest BCUT2D eigenvalue weighted by Gasteiger charge is -2.10. The molecule has 0 bridgehead atoms. The lowest BCUT2D eigenvalue weighted by Crippen LogP contribution is -2.13. The Morgan fingerprint density at radius 3 is 2.79 bits per heavy atom. The minimum absolute atomic E-state index is 0.155. The Balaban J connectivity index is 1.44. The molecule has 0 aliphatic carbocycles. The number of aryl methyl sites for hydroxylation is 1. The Morgan fingerprint density at radius 1 is 1.24 bits per heavy atom. The average Bonchev–Trinajstić information content (AvgIpc) is 3.36. The van der Waals surface area contributed by atoms with Gasteiger partial charge in [0.05, 0.1) is 12.8 Å². The van der Waals surface area contributed by atoms with Gasteiger partial charge in [0.2, 0.25) is 5.89 Å². The second-order valence-corrected chi connectivity index (χ2v) is 8.51. The molecule has 7 nitrogen and oxygen atoms in total. The fourth-order valence-corrected chi connectivity index (χ4v) is 3.33. The summed E-state index contributed by atoms with van der Waals surface area (Å²) in [5.41, 5.74) is 1.55. The first-order valence-electron chi connectivity index (χ1n) is 9.42. The number of hydrogen-bond acceptors (Lipinski definition) is 8. The van der Waals surface area contributed by atoms with Crippen LogP contribution >= 0.6 is 11.3 Å². The van der Waals surface area contributed by atoms with Crippen LogP contribution in [0.3, 0.4) is 0 Å². The number of rotatable bonds is 8. The summed E-state index contributed by atoms with van der Waals surface area (Å²) in [5, 5.41) is 6.74. The topological polar surface area (TPSA) is 87.3 Å². The first kappa shape index (κ1) is 21.0. The molecule has 0 aliphatic heterocycles. The molecular formula is C21H25N3O4S. The van der Waals surface area contributed by atoms with E-state index in [1.165, 1.54) is 11.3 Å². The van der Waals surface area contributed by atoms with Crippen LogP contribution in [-0.4, -0.2) is 28.2 Å². The summed E-state index contributed by atoms with van der Waals surface area (Å²) < 4.78 is 15.8. The first-order valence-corrected chi connectivity index (χ1v) is 10.3. The Labute approximate surface area is 174 Å². The number of carbonyl (C=O) groups excluding carboxylic acids is 1. The van der Waals surface area contributed by atoms with Gasteiger partial charge in [-0.15, -0.1) is 11.3 Å². The molecule has 8 heteroatoms. The molecule has 0 saturated heterocycles. The van der Waals surface area contributed by atoms with Crippen molar-refractivity contribution < 1.29 is 18.8 Å². The van der Waals surface area contributed by atoms with Crippen LogP contribution in [0.2, 0.25) is 0 Å². The third-order valence-electron chi connectivity index (χ3n) is 4.16. The van der Waals surface area contributed by atoms with E-state index < -0.39 is 0 Å². The van der Waals surface area contributed by atoms with Crippen molar-refractivity contribution in [3.8, 4) is 16.3 Å². The normalized spacial score (nSPS) is 11.4. The predicted molar refractivity (Wildman–Crippen MR) is 110 cm³/mol.